The fraction of sp³-hybridized carbons (Fsp3) is 0.893. The van der Waals surface area contributed by atoms with Crippen LogP contribution in [-0.2, 0) is 14.2 Å². The zero-order valence-corrected chi connectivity index (χ0v) is 29.0. The molecule has 0 aromatic heterocycles. The maximum atomic E-state index is 11.8. The van der Waals surface area contributed by atoms with E-state index >= 15 is 0 Å². The summed E-state index contributed by atoms with van der Waals surface area (Å²) in [5, 5.41) is 2.85. The van der Waals surface area contributed by atoms with Gasteiger partial charge in [-0.05, 0) is 63.2 Å². The molecule has 19 heteroatoms. The summed E-state index contributed by atoms with van der Waals surface area (Å²) in [7, 11) is -8.55. The second kappa shape index (κ2) is 22.9. The molecule has 3 amide bonds. The van der Waals surface area contributed by atoms with Gasteiger partial charge in [-0.2, -0.15) is 0 Å². The zero-order chi connectivity index (χ0) is 33.9. The molecule has 6 rings (SSSR count). The molecule has 6 aliphatic rings. The van der Waals surface area contributed by atoms with Crippen molar-refractivity contribution in [2.24, 2.45) is 0 Å². The van der Waals surface area contributed by atoms with Crippen molar-refractivity contribution in [1.82, 2.24) is 24.9 Å². The number of halogens is 7. The van der Waals surface area contributed by atoms with Gasteiger partial charge in [0.25, 0.3) is 0 Å². The van der Waals surface area contributed by atoms with Crippen LogP contribution in [0.15, 0.2) is 0 Å². The Morgan fingerprint density at radius 3 is 1.32 bits per heavy atom. The van der Waals surface area contributed by atoms with Crippen LogP contribution in [0, 0.1) is 0 Å². The molecule has 0 aromatic carbocycles. The van der Waals surface area contributed by atoms with Crippen molar-refractivity contribution in [3.05, 3.63) is 0 Å². The number of ether oxygens (including phenoxy) is 3. The molecule has 278 valence electrons. The van der Waals surface area contributed by atoms with Crippen molar-refractivity contribution in [2.75, 3.05) is 118 Å². The minimum Gasteiger partial charge on any atom is -1.00 e. The quantitative estimate of drug-likeness (QED) is 0.102. The van der Waals surface area contributed by atoms with Gasteiger partial charge in [0.2, 0.25) is 5.84 Å². The average molecular weight is 733 g/mol. The molecule has 0 atom stereocenters. The van der Waals surface area contributed by atoms with Crippen LogP contribution in [0.2, 0.25) is 0 Å². The van der Waals surface area contributed by atoms with Gasteiger partial charge in [-0.3, -0.25) is 14.3 Å². The van der Waals surface area contributed by atoms with E-state index in [0.717, 1.165) is 65.3 Å². The SMILES string of the molecule is C1CCNC1.CC(N1CCOCC1)=[N+]1CCCC1.FP(F)(F)(F)F.O=C(Cl)N1CCOCC1.O=C(N1CCCC1)N1CCOCC1.[F-]. The number of rotatable bonds is 0. The third-order valence-corrected chi connectivity index (χ3v) is 8.15. The maximum absolute atomic E-state index is 11.8. The molecular formula is C28H52ClF6N6O5P. The van der Waals surface area contributed by atoms with Gasteiger partial charge in [-0.1, -0.05) is 0 Å². The van der Waals surface area contributed by atoms with E-state index in [1.54, 1.807) is 4.90 Å². The van der Waals surface area contributed by atoms with E-state index in [-0.39, 0.29) is 16.1 Å². The largest absolute Gasteiger partial charge is 1.00 e. The Labute approximate surface area is 279 Å². The van der Waals surface area contributed by atoms with Crippen LogP contribution < -0.4 is 10.0 Å². The molecule has 0 bridgehead atoms. The molecule has 11 nitrogen and oxygen atoms in total. The van der Waals surface area contributed by atoms with E-state index < -0.39 is 8.16 Å². The van der Waals surface area contributed by atoms with E-state index in [4.69, 9.17) is 25.8 Å². The van der Waals surface area contributed by atoms with Gasteiger partial charge in [0.05, 0.1) is 52.7 Å². The van der Waals surface area contributed by atoms with Gasteiger partial charge in [0.15, 0.2) is 0 Å². The second-order valence-electron chi connectivity index (χ2n) is 11.4. The third-order valence-electron chi connectivity index (χ3n) is 7.91. The first-order valence-corrected chi connectivity index (χ1v) is 18.2. The Morgan fingerprint density at radius 2 is 0.979 bits per heavy atom. The monoisotopic (exact) mass is 732 g/mol. The molecule has 6 saturated heterocycles. The minimum absolute atomic E-state index is 0. The summed E-state index contributed by atoms with van der Waals surface area (Å²) in [6, 6.07) is 0.209. The van der Waals surface area contributed by atoms with Crippen molar-refractivity contribution in [1.29, 1.82) is 0 Å². The van der Waals surface area contributed by atoms with Crippen molar-refractivity contribution in [3.63, 3.8) is 0 Å². The molecule has 47 heavy (non-hydrogen) atoms. The number of carbonyl (C=O) groups excluding carboxylic acids is 2. The number of nitrogens with zero attached hydrogens (tertiary/aromatic N) is 5. The predicted molar refractivity (Wildman–Crippen MR) is 169 cm³/mol. The van der Waals surface area contributed by atoms with Crippen LogP contribution in [0.3, 0.4) is 0 Å². The van der Waals surface area contributed by atoms with Crippen LogP contribution in [0.5, 0.6) is 0 Å². The number of morpholine rings is 3. The Kier molecular flexibility index (Phi) is 21.1. The van der Waals surface area contributed by atoms with Crippen molar-refractivity contribution in [2.45, 2.75) is 45.4 Å². The Balaban J connectivity index is 0.000000306. The molecule has 0 saturated carbocycles. The summed E-state index contributed by atoms with van der Waals surface area (Å²) in [5.41, 5.74) is 0. The summed E-state index contributed by atoms with van der Waals surface area (Å²) >= 11 is 5.19. The topological polar surface area (TPSA) is 89.8 Å². The zero-order valence-electron chi connectivity index (χ0n) is 27.3. The van der Waals surface area contributed by atoms with Crippen LogP contribution in [-0.4, -0.2) is 160 Å². The molecule has 0 spiro atoms. The molecule has 6 aliphatic heterocycles. The summed E-state index contributed by atoms with van der Waals surface area (Å²) in [4.78, 5) is 30.1. The Hall–Kier alpha value is -1.65. The number of likely N-dealkylation sites (tertiary alicyclic amines) is 1. The van der Waals surface area contributed by atoms with E-state index in [9.17, 15) is 30.6 Å². The number of hydrogen-bond acceptors (Lipinski definition) is 6. The van der Waals surface area contributed by atoms with Crippen LogP contribution >= 0.6 is 19.8 Å². The predicted octanol–water partition coefficient (Wildman–Crippen LogP) is 2.09. The fourth-order valence-electron chi connectivity index (χ4n) is 5.35. The van der Waals surface area contributed by atoms with Gasteiger partial charge < -0.3 is 38.9 Å². The molecule has 0 radical (unpaired) electrons. The molecule has 0 aliphatic carbocycles. The van der Waals surface area contributed by atoms with Crippen molar-refractivity contribution < 1.29 is 54.1 Å². The summed E-state index contributed by atoms with van der Waals surface area (Å²) in [6.45, 7) is 18.4. The summed E-state index contributed by atoms with van der Waals surface area (Å²) in [6.07, 6.45) is 7.83. The number of urea groups is 1. The maximum Gasteiger partial charge on any atom is 0.320 e. The first-order chi connectivity index (χ1) is 21.8. The van der Waals surface area contributed by atoms with Crippen LogP contribution in [0.25, 0.3) is 0 Å². The number of amides is 3. The first-order valence-electron chi connectivity index (χ1n) is 16.2. The summed E-state index contributed by atoms with van der Waals surface area (Å²) < 4.78 is 67.2. The molecule has 6 heterocycles. The fourth-order valence-corrected chi connectivity index (χ4v) is 5.52. The minimum atomic E-state index is -8.55. The summed E-state index contributed by atoms with van der Waals surface area (Å²) in [5.74, 6) is 1.46. The Bertz CT molecular complexity index is 895. The van der Waals surface area contributed by atoms with E-state index in [0.29, 0.717) is 39.5 Å². The van der Waals surface area contributed by atoms with Gasteiger partial charge in [0.1, 0.15) is 13.1 Å². The van der Waals surface area contributed by atoms with E-state index in [1.807, 2.05) is 9.80 Å². The Morgan fingerprint density at radius 1 is 0.617 bits per heavy atom. The standard InChI is InChI=1S/C10H19N2O.C9H16N2O2.C5H8ClNO2.C4H9N.F5P.FH/c1-10(11-4-2-3-5-11)12-6-8-13-9-7-12;12-9(10-3-1-2-4-10)11-5-7-13-8-6-11;6-5(8)7-1-3-9-4-2-7;1-2-4-5-3-1;1-6(2,3,4)5;/h2-9H2,1H3;1-8H2;1-4H2;5H,1-4H2;;1H/q+1;;;;;/p-1. The number of amidine groups is 1. The third kappa shape index (κ3) is 21.1. The average Bonchev–Trinajstić information content (AvgIpc) is 3.87. The normalized spacial score (nSPS) is 21.9. The number of nitrogens with one attached hydrogen (secondary N) is 1. The van der Waals surface area contributed by atoms with Crippen molar-refractivity contribution >= 4 is 37.0 Å². The van der Waals surface area contributed by atoms with E-state index in [2.05, 4.69) is 21.7 Å². The van der Waals surface area contributed by atoms with Gasteiger partial charge in [-0.25, -0.2) is 4.79 Å². The van der Waals surface area contributed by atoms with Crippen molar-refractivity contribution in [3.8, 4) is 0 Å². The molecule has 6 fully saturated rings. The van der Waals surface area contributed by atoms with Crippen LogP contribution in [0.4, 0.5) is 30.6 Å². The first kappa shape index (κ1) is 43.4. The molecule has 1 N–H and O–H groups in total. The molecule has 0 aromatic rings. The number of carbonyl (C=O) groups is 2. The van der Waals surface area contributed by atoms with Gasteiger partial charge >= 0.3 is 40.5 Å². The molecule has 0 unspecified atom stereocenters. The second-order valence-corrected chi connectivity index (χ2v) is 13.0. The molecular weight excluding hydrogens is 681 g/mol. The van der Waals surface area contributed by atoms with E-state index in [1.165, 1.54) is 57.7 Å². The van der Waals surface area contributed by atoms with Gasteiger partial charge in [-0.15, -0.1) is 0 Å². The van der Waals surface area contributed by atoms with Crippen LogP contribution in [0.1, 0.15) is 45.4 Å². The smallest absolute Gasteiger partial charge is 0.320 e. The number of hydrogen-bond donors (Lipinski definition) is 1. The van der Waals surface area contributed by atoms with Gasteiger partial charge in [0, 0.05) is 46.2 Å².